The lowest BCUT2D eigenvalue weighted by molar-refractivity contribution is 0.355. The molecule has 0 saturated carbocycles. The summed E-state index contributed by atoms with van der Waals surface area (Å²) in [7, 11) is 3.10. The standard InChI is InChI=1S/C11H16FN3O2/c1-16-9-4-3-8(7-10(9)17-2)15-11(13)14-6-5-12/h3-4,7H,5-6H2,1-2H3,(H3,13,14,15). The van der Waals surface area contributed by atoms with Crippen LogP contribution in [0, 0.1) is 0 Å². The highest BCUT2D eigenvalue weighted by molar-refractivity contribution is 5.92. The lowest BCUT2D eigenvalue weighted by Gasteiger charge is -2.10. The molecule has 0 aliphatic heterocycles. The number of methoxy groups -OCH3 is 2. The molecule has 0 bridgehead atoms. The van der Waals surface area contributed by atoms with Gasteiger partial charge in [0.15, 0.2) is 17.5 Å². The Morgan fingerprint density at radius 2 is 2.06 bits per heavy atom. The lowest BCUT2D eigenvalue weighted by Crippen LogP contribution is -2.23. The summed E-state index contributed by atoms with van der Waals surface area (Å²) < 4.78 is 22.1. The van der Waals surface area contributed by atoms with Crippen molar-refractivity contribution in [1.29, 1.82) is 0 Å². The summed E-state index contributed by atoms with van der Waals surface area (Å²) in [6, 6.07) is 5.22. The number of hydrogen-bond acceptors (Lipinski definition) is 3. The molecule has 0 atom stereocenters. The Hall–Kier alpha value is -1.98. The van der Waals surface area contributed by atoms with E-state index in [1.807, 2.05) is 0 Å². The molecule has 0 amide bonds. The molecule has 0 unspecified atom stereocenters. The molecular weight excluding hydrogens is 225 g/mol. The molecule has 0 spiro atoms. The van der Waals surface area contributed by atoms with E-state index in [-0.39, 0.29) is 12.5 Å². The molecule has 1 aromatic carbocycles. The van der Waals surface area contributed by atoms with Crippen LogP contribution in [0.1, 0.15) is 0 Å². The molecule has 1 aromatic rings. The molecule has 3 N–H and O–H groups in total. The number of halogens is 1. The topological polar surface area (TPSA) is 68.9 Å². The van der Waals surface area contributed by atoms with Gasteiger partial charge >= 0.3 is 0 Å². The third-order valence-corrected chi connectivity index (χ3v) is 2.02. The number of alkyl halides is 1. The summed E-state index contributed by atoms with van der Waals surface area (Å²) in [6.07, 6.45) is 0. The second kappa shape index (κ2) is 6.57. The van der Waals surface area contributed by atoms with Crippen LogP contribution in [0.3, 0.4) is 0 Å². The third kappa shape index (κ3) is 3.82. The molecule has 5 nitrogen and oxygen atoms in total. The Balaban J connectivity index is 2.78. The van der Waals surface area contributed by atoms with Gasteiger partial charge in [-0.1, -0.05) is 0 Å². The Labute approximate surface area is 99.4 Å². The van der Waals surface area contributed by atoms with Crippen LogP contribution in [0.2, 0.25) is 0 Å². The van der Waals surface area contributed by atoms with Crippen LogP contribution in [-0.2, 0) is 0 Å². The summed E-state index contributed by atoms with van der Waals surface area (Å²) >= 11 is 0. The number of benzene rings is 1. The van der Waals surface area contributed by atoms with E-state index in [9.17, 15) is 4.39 Å². The van der Waals surface area contributed by atoms with E-state index in [2.05, 4.69) is 10.3 Å². The zero-order chi connectivity index (χ0) is 12.7. The van der Waals surface area contributed by atoms with Gasteiger partial charge in [-0.15, -0.1) is 0 Å². The summed E-state index contributed by atoms with van der Waals surface area (Å²) in [6.45, 7) is -0.486. The zero-order valence-corrected chi connectivity index (χ0v) is 9.87. The minimum atomic E-state index is -0.533. The van der Waals surface area contributed by atoms with Crippen molar-refractivity contribution in [2.45, 2.75) is 0 Å². The Morgan fingerprint density at radius 1 is 1.35 bits per heavy atom. The van der Waals surface area contributed by atoms with Gasteiger partial charge in [-0.3, -0.25) is 4.99 Å². The number of hydrogen-bond donors (Lipinski definition) is 2. The molecule has 0 fully saturated rings. The summed E-state index contributed by atoms with van der Waals surface area (Å²) in [5.74, 6) is 1.36. The van der Waals surface area contributed by atoms with Crippen LogP contribution in [-0.4, -0.2) is 33.4 Å². The highest BCUT2D eigenvalue weighted by atomic mass is 19.1. The van der Waals surface area contributed by atoms with Gasteiger partial charge in [0.2, 0.25) is 0 Å². The van der Waals surface area contributed by atoms with Crippen LogP contribution in [0.25, 0.3) is 0 Å². The predicted octanol–water partition coefficient (Wildman–Crippen LogP) is 1.40. The fourth-order valence-electron chi connectivity index (χ4n) is 1.26. The van der Waals surface area contributed by atoms with Crippen LogP contribution in [0.5, 0.6) is 11.5 Å². The quantitative estimate of drug-likeness (QED) is 0.604. The molecule has 0 radical (unpaired) electrons. The smallest absolute Gasteiger partial charge is 0.193 e. The highest BCUT2D eigenvalue weighted by Crippen LogP contribution is 2.29. The van der Waals surface area contributed by atoms with Gasteiger partial charge in [-0.05, 0) is 12.1 Å². The van der Waals surface area contributed by atoms with Gasteiger partial charge in [-0.2, -0.15) is 0 Å². The van der Waals surface area contributed by atoms with Gasteiger partial charge in [0, 0.05) is 11.8 Å². The van der Waals surface area contributed by atoms with E-state index in [1.54, 1.807) is 32.4 Å². The Kier molecular flexibility index (Phi) is 5.06. The van der Waals surface area contributed by atoms with Crippen LogP contribution in [0.4, 0.5) is 10.1 Å². The average molecular weight is 241 g/mol. The van der Waals surface area contributed by atoms with Crippen molar-refractivity contribution >= 4 is 11.6 Å². The molecule has 0 aliphatic rings. The minimum absolute atomic E-state index is 0.0477. The number of aliphatic imine (C=N–C) groups is 1. The number of nitrogens with one attached hydrogen (secondary N) is 1. The molecule has 17 heavy (non-hydrogen) atoms. The monoisotopic (exact) mass is 241 g/mol. The van der Waals surface area contributed by atoms with Gasteiger partial charge in [-0.25, -0.2) is 4.39 Å². The van der Waals surface area contributed by atoms with Crippen molar-refractivity contribution in [2.24, 2.45) is 10.7 Å². The van der Waals surface area contributed by atoms with E-state index in [1.165, 1.54) is 0 Å². The average Bonchev–Trinajstić information content (AvgIpc) is 2.36. The van der Waals surface area contributed by atoms with E-state index in [0.29, 0.717) is 17.2 Å². The molecule has 0 aromatic heterocycles. The first-order valence-electron chi connectivity index (χ1n) is 5.06. The largest absolute Gasteiger partial charge is 0.493 e. The van der Waals surface area contributed by atoms with E-state index >= 15 is 0 Å². The number of nitrogens with zero attached hydrogens (tertiary/aromatic N) is 1. The van der Waals surface area contributed by atoms with Crippen molar-refractivity contribution in [2.75, 3.05) is 32.8 Å². The summed E-state index contributed by atoms with van der Waals surface area (Å²) in [5, 5.41) is 2.83. The van der Waals surface area contributed by atoms with Crippen molar-refractivity contribution in [1.82, 2.24) is 0 Å². The van der Waals surface area contributed by atoms with Gasteiger partial charge in [0.05, 0.1) is 20.8 Å². The third-order valence-electron chi connectivity index (χ3n) is 2.02. The first-order valence-corrected chi connectivity index (χ1v) is 5.06. The molecule has 0 aliphatic carbocycles. The highest BCUT2D eigenvalue weighted by Gasteiger charge is 2.04. The second-order valence-corrected chi connectivity index (χ2v) is 3.15. The van der Waals surface area contributed by atoms with Crippen molar-refractivity contribution < 1.29 is 13.9 Å². The number of nitrogens with two attached hydrogens (primary N) is 1. The van der Waals surface area contributed by atoms with E-state index < -0.39 is 6.67 Å². The first-order chi connectivity index (χ1) is 8.21. The molecule has 6 heteroatoms. The summed E-state index contributed by atoms with van der Waals surface area (Å²) in [5.41, 5.74) is 6.25. The zero-order valence-electron chi connectivity index (χ0n) is 9.87. The van der Waals surface area contributed by atoms with Crippen molar-refractivity contribution in [3.05, 3.63) is 18.2 Å². The second-order valence-electron chi connectivity index (χ2n) is 3.15. The molecule has 0 heterocycles. The number of guanidine groups is 1. The van der Waals surface area contributed by atoms with E-state index in [0.717, 1.165) is 0 Å². The lowest BCUT2D eigenvalue weighted by atomic mass is 10.3. The SMILES string of the molecule is COc1ccc(NC(N)=NCCF)cc1OC. The fraction of sp³-hybridized carbons (Fsp3) is 0.364. The maximum atomic E-state index is 11.9. The summed E-state index contributed by atoms with van der Waals surface area (Å²) in [4.78, 5) is 3.77. The van der Waals surface area contributed by atoms with Crippen LogP contribution >= 0.6 is 0 Å². The minimum Gasteiger partial charge on any atom is -0.493 e. The van der Waals surface area contributed by atoms with Crippen LogP contribution in [0.15, 0.2) is 23.2 Å². The molecule has 94 valence electrons. The fourth-order valence-corrected chi connectivity index (χ4v) is 1.26. The van der Waals surface area contributed by atoms with Crippen LogP contribution < -0.4 is 20.5 Å². The van der Waals surface area contributed by atoms with Crippen molar-refractivity contribution in [3.8, 4) is 11.5 Å². The molecule has 1 rings (SSSR count). The maximum absolute atomic E-state index is 11.9. The Morgan fingerprint density at radius 3 is 2.65 bits per heavy atom. The predicted molar refractivity (Wildman–Crippen MR) is 65.6 cm³/mol. The number of ether oxygens (including phenoxy) is 2. The number of rotatable bonds is 5. The van der Waals surface area contributed by atoms with Gasteiger partial charge < -0.3 is 20.5 Å². The van der Waals surface area contributed by atoms with E-state index in [4.69, 9.17) is 15.2 Å². The first kappa shape index (κ1) is 13.1. The van der Waals surface area contributed by atoms with Gasteiger partial charge in [0.25, 0.3) is 0 Å². The molecule has 0 saturated heterocycles. The Bertz CT molecular complexity index is 396. The molecular formula is C11H16FN3O2. The normalized spacial score (nSPS) is 11.1. The number of anilines is 1. The van der Waals surface area contributed by atoms with Crippen molar-refractivity contribution in [3.63, 3.8) is 0 Å². The van der Waals surface area contributed by atoms with Gasteiger partial charge in [0.1, 0.15) is 6.67 Å². The maximum Gasteiger partial charge on any atom is 0.193 e.